The van der Waals surface area contributed by atoms with Crippen molar-refractivity contribution >= 4 is 15.8 Å². The maximum absolute atomic E-state index is 11.9. The van der Waals surface area contributed by atoms with Crippen molar-refractivity contribution in [2.45, 2.75) is 30.6 Å². The molecule has 1 saturated heterocycles. The lowest BCUT2D eigenvalue weighted by atomic mass is 10.2. The summed E-state index contributed by atoms with van der Waals surface area (Å²) in [6.45, 7) is 0.370. The summed E-state index contributed by atoms with van der Waals surface area (Å²) < 4.78 is 28.5. The SMILES string of the molecule is COC(=O)[C@@H]1C[C@@H](S(=O)(=O)CC2CC2)CN1. The molecule has 2 aliphatic rings. The average Bonchev–Trinajstić information content (AvgIpc) is 2.88. The van der Waals surface area contributed by atoms with Gasteiger partial charge in [-0.05, 0) is 25.2 Å². The van der Waals surface area contributed by atoms with Gasteiger partial charge in [-0.1, -0.05) is 0 Å². The third-order valence-corrected chi connectivity index (χ3v) is 5.56. The molecule has 0 radical (unpaired) electrons. The fourth-order valence-corrected chi connectivity index (χ4v) is 4.15. The molecule has 92 valence electrons. The summed E-state index contributed by atoms with van der Waals surface area (Å²) in [4.78, 5) is 11.2. The predicted octanol–water partition coefficient (Wildman–Crippen LogP) is -0.285. The molecule has 0 amide bonds. The van der Waals surface area contributed by atoms with E-state index >= 15 is 0 Å². The molecule has 0 spiro atoms. The van der Waals surface area contributed by atoms with Gasteiger partial charge in [0.2, 0.25) is 0 Å². The summed E-state index contributed by atoms with van der Waals surface area (Å²) >= 11 is 0. The molecular weight excluding hydrogens is 230 g/mol. The number of rotatable bonds is 4. The van der Waals surface area contributed by atoms with Gasteiger partial charge in [0.1, 0.15) is 6.04 Å². The molecule has 16 heavy (non-hydrogen) atoms. The zero-order valence-electron chi connectivity index (χ0n) is 9.31. The van der Waals surface area contributed by atoms with Crippen molar-refractivity contribution in [3.8, 4) is 0 Å². The fraction of sp³-hybridized carbons (Fsp3) is 0.900. The van der Waals surface area contributed by atoms with Crippen LogP contribution in [-0.4, -0.2) is 45.1 Å². The van der Waals surface area contributed by atoms with Gasteiger partial charge in [-0.3, -0.25) is 4.79 Å². The number of hydrogen-bond donors (Lipinski definition) is 1. The van der Waals surface area contributed by atoms with Crippen molar-refractivity contribution in [1.82, 2.24) is 5.32 Å². The van der Waals surface area contributed by atoms with Gasteiger partial charge in [0.05, 0.1) is 18.1 Å². The summed E-state index contributed by atoms with van der Waals surface area (Å²) in [5.74, 6) is 0.277. The highest BCUT2D eigenvalue weighted by Gasteiger charge is 2.40. The van der Waals surface area contributed by atoms with E-state index in [1.54, 1.807) is 0 Å². The van der Waals surface area contributed by atoms with E-state index in [4.69, 9.17) is 0 Å². The fourth-order valence-electron chi connectivity index (χ4n) is 2.05. The number of methoxy groups -OCH3 is 1. The van der Waals surface area contributed by atoms with E-state index in [0.717, 1.165) is 12.8 Å². The Balaban J connectivity index is 1.94. The van der Waals surface area contributed by atoms with E-state index < -0.39 is 21.1 Å². The first-order valence-corrected chi connectivity index (χ1v) is 7.27. The van der Waals surface area contributed by atoms with E-state index in [9.17, 15) is 13.2 Å². The molecule has 0 aromatic heterocycles. The maximum Gasteiger partial charge on any atom is 0.322 e. The van der Waals surface area contributed by atoms with Gasteiger partial charge in [0, 0.05) is 6.54 Å². The van der Waals surface area contributed by atoms with Gasteiger partial charge >= 0.3 is 5.97 Å². The largest absolute Gasteiger partial charge is 0.468 e. The highest BCUT2D eigenvalue weighted by Crippen LogP contribution is 2.32. The van der Waals surface area contributed by atoms with Crippen LogP contribution in [0.2, 0.25) is 0 Å². The van der Waals surface area contributed by atoms with Gasteiger partial charge in [-0.25, -0.2) is 8.42 Å². The number of sulfone groups is 1. The van der Waals surface area contributed by atoms with Crippen molar-refractivity contribution in [3.63, 3.8) is 0 Å². The molecule has 2 fully saturated rings. The number of carbonyl (C=O) groups is 1. The van der Waals surface area contributed by atoms with Crippen LogP contribution >= 0.6 is 0 Å². The highest BCUT2D eigenvalue weighted by atomic mass is 32.2. The second-order valence-electron chi connectivity index (χ2n) is 4.61. The molecule has 1 aliphatic carbocycles. The molecule has 0 aromatic carbocycles. The van der Waals surface area contributed by atoms with Gasteiger partial charge in [0.15, 0.2) is 9.84 Å². The summed E-state index contributed by atoms with van der Waals surface area (Å²) in [6, 6.07) is -0.455. The summed E-state index contributed by atoms with van der Waals surface area (Å²) in [5.41, 5.74) is 0. The van der Waals surface area contributed by atoms with Gasteiger partial charge in [-0.15, -0.1) is 0 Å². The first-order chi connectivity index (χ1) is 7.53. The van der Waals surface area contributed by atoms with E-state index in [1.165, 1.54) is 7.11 Å². The van der Waals surface area contributed by atoms with Gasteiger partial charge in [0.25, 0.3) is 0 Å². The van der Waals surface area contributed by atoms with Crippen LogP contribution in [0.3, 0.4) is 0 Å². The molecule has 1 saturated carbocycles. The van der Waals surface area contributed by atoms with Crippen molar-refractivity contribution in [2.75, 3.05) is 19.4 Å². The maximum atomic E-state index is 11.9. The molecule has 6 heteroatoms. The first kappa shape index (κ1) is 11.9. The number of esters is 1. The zero-order chi connectivity index (χ0) is 11.8. The van der Waals surface area contributed by atoms with Crippen LogP contribution in [0.25, 0.3) is 0 Å². The average molecular weight is 247 g/mol. The lowest BCUT2D eigenvalue weighted by molar-refractivity contribution is -0.142. The Labute approximate surface area is 95.5 Å². The summed E-state index contributed by atoms with van der Waals surface area (Å²) in [6.07, 6.45) is 2.40. The van der Waals surface area contributed by atoms with E-state index in [2.05, 4.69) is 10.1 Å². The number of hydrogen-bond acceptors (Lipinski definition) is 5. The van der Waals surface area contributed by atoms with Crippen LogP contribution in [-0.2, 0) is 19.4 Å². The monoisotopic (exact) mass is 247 g/mol. The smallest absolute Gasteiger partial charge is 0.322 e. The molecule has 0 bridgehead atoms. The third-order valence-electron chi connectivity index (χ3n) is 3.25. The van der Waals surface area contributed by atoms with Gasteiger partial charge < -0.3 is 10.1 Å². The Kier molecular flexibility index (Phi) is 3.21. The minimum atomic E-state index is -3.04. The van der Waals surface area contributed by atoms with Crippen LogP contribution in [0.4, 0.5) is 0 Å². The van der Waals surface area contributed by atoms with Crippen LogP contribution < -0.4 is 5.32 Å². The Morgan fingerprint density at radius 1 is 1.44 bits per heavy atom. The van der Waals surface area contributed by atoms with Crippen LogP contribution in [0.1, 0.15) is 19.3 Å². The zero-order valence-corrected chi connectivity index (χ0v) is 10.1. The molecule has 2 rings (SSSR count). The van der Waals surface area contributed by atoms with E-state index in [-0.39, 0.29) is 11.7 Å². The molecule has 1 aliphatic heterocycles. The lowest BCUT2D eigenvalue weighted by Crippen LogP contribution is -2.31. The first-order valence-electron chi connectivity index (χ1n) is 5.55. The topological polar surface area (TPSA) is 72.5 Å². The Hall–Kier alpha value is -0.620. The number of nitrogens with one attached hydrogen (secondary N) is 1. The lowest BCUT2D eigenvalue weighted by Gasteiger charge is -2.10. The molecule has 1 N–H and O–H groups in total. The second-order valence-corrected chi connectivity index (χ2v) is 6.94. The molecule has 5 nitrogen and oxygen atoms in total. The molecule has 2 atom stereocenters. The molecule has 0 aromatic rings. The van der Waals surface area contributed by atoms with Crippen molar-refractivity contribution < 1.29 is 17.9 Å². The van der Waals surface area contributed by atoms with E-state index in [0.29, 0.717) is 18.9 Å². The quantitative estimate of drug-likeness (QED) is 0.691. The minimum absolute atomic E-state index is 0.285. The standard InChI is InChI=1S/C10H17NO4S/c1-15-10(12)9-4-8(5-11-9)16(13,14)6-7-2-3-7/h7-9,11H,2-6H2,1H3/t8-,9+/m1/s1. The van der Waals surface area contributed by atoms with Crippen molar-refractivity contribution in [1.29, 1.82) is 0 Å². The minimum Gasteiger partial charge on any atom is -0.468 e. The van der Waals surface area contributed by atoms with Crippen LogP contribution in [0.5, 0.6) is 0 Å². The normalized spacial score (nSPS) is 30.3. The Morgan fingerprint density at radius 2 is 2.12 bits per heavy atom. The van der Waals surface area contributed by atoms with Crippen LogP contribution in [0.15, 0.2) is 0 Å². The summed E-state index contributed by atoms with van der Waals surface area (Å²) in [7, 11) is -1.73. The predicted molar refractivity (Wildman–Crippen MR) is 58.7 cm³/mol. The second kappa shape index (κ2) is 4.33. The third kappa shape index (κ3) is 2.55. The highest BCUT2D eigenvalue weighted by molar-refractivity contribution is 7.92. The molecular formula is C10H17NO4S. The van der Waals surface area contributed by atoms with Crippen molar-refractivity contribution in [2.24, 2.45) is 5.92 Å². The number of ether oxygens (including phenoxy) is 1. The molecule has 0 unspecified atom stereocenters. The number of carbonyl (C=O) groups excluding carboxylic acids is 1. The summed E-state index contributed by atoms with van der Waals surface area (Å²) in [5, 5.41) is 2.48. The van der Waals surface area contributed by atoms with Crippen molar-refractivity contribution in [3.05, 3.63) is 0 Å². The Bertz CT molecular complexity index is 374. The Morgan fingerprint density at radius 3 is 2.69 bits per heavy atom. The van der Waals surface area contributed by atoms with Gasteiger partial charge in [-0.2, -0.15) is 0 Å². The van der Waals surface area contributed by atoms with Crippen LogP contribution in [0, 0.1) is 5.92 Å². The van der Waals surface area contributed by atoms with E-state index in [1.807, 2.05) is 0 Å². The molecule has 1 heterocycles.